The fourth-order valence-corrected chi connectivity index (χ4v) is 4.37. The highest BCUT2D eigenvalue weighted by Crippen LogP contribution is 2.19. The number of piperidine rings is 2. The fourth-order valence-electron chi connectivity index (χ4n) is 2.66. The second-order valence-corrected chi connectivity index (χ2v) is 6.78. The molecular weight excluding hydrogens is 238 g/mol. The van der Waals surface area contributed by atoms with E-state index in [0.717, 1.165) is 45.2 Å². The highest BCUT2D eigenvalue weighted by atomic mass is 32.2. The molecule has 2 N–H and O–H groups in total. The molecule has 2 rings (SSSR count). The maximum atomic E-state index is 12.3. The highest BCUT2D eigenvalue weighted by Gasteiger charge is 2.31. The summed E-state index contributed by atoms with van der Waals surface area (Å²) in [5, 5.41) is 3.23. The minimum absolute atomic E-state index is 0.0582. The summed E-state index contributed by atoms with van der Waals surface area (Å²) in [6.07, 6.45) is 5.08. The largest absolute Gasteiger partial charge is 0.315 e. The number of nitrogens with zero attached hydrogens (tertiary/aromatic N) is 1. The average molecular weight is 261 g/mol. The molecule has 2 heterocycles. The van der Waals surface area contributed by atoms with E-state index >= 15 is 0 Å². The standard InChI is InChI=1S/C11H23N3O2S/c1-10-5-2-3-8-14(10)17(15,16)13-11-6-4-7-12-9-11/h10-13H,2-9H2,1H3. The molecule has 5 nitrogen and oxygen atoms in total. The van der Waals surface area contributed by atoms with Crippen molar-refractivity contribution in [3.63, 3.8) is 0 Å². The summed E-state index contributed by atoms with van der Waals surface area (Å²) < 4.78 is 29.0. The molecule has 17 heavy (non-hydrogen) atoms. The van der Waals surface area contributed by atoms with Crippen LogP contribution in [0.4, 0.5) is 0 Å². The Morgan fingerprint density at radius 1 is 1.24 bits per heavy atom. The van der Waals surface area contributed by atoms with E-state index < -0.39 is 10.2 Å². The average Bonchev–Trinajstić information content (AvgIpc) is 2.30. The number of hydrogen-bond acceptors (Lipinski definition) is 3. The second-order valence-electron chi connectivity index (χ2n) is 5.12. The van der Waals surface area contributed by atoms with Crippen molar-refractivity contribution in [2.24, 2.45) is 0 Å². The van der Waals surface area contributed by atoms with Gasteiger partial charge in [0, 0.05) is 25.2 Å². The lowest BCUT2D eigenvalue weighted by atomic mass is 10.1. The Hall–Kier alpha value is -0.170. The van der Waals surface area contributed by atoms with Gasteiger partial charge in [-0.3, -0.25) is 0 Å². The monoisotopic (exact) mass is 261 g/mol. The summed E-state index contributed by atoms with van der Waals surface area (Å²) in [7, 11) is -3.29. The minimum atomic E-state index is -3.29. The molecule has 0 spiro atoms. The van der Waals surface area contributed by atoms with E-state index in [0.29, 0.717) is 6.54 Å². The quantitative estimate of drug-likeness (QED) is 0.775. The van der Waals surface area contributed by atoms with Gasteiger partial charge in [0.1, 0.15) is 0 Å². The summed E-state index contributed by atoms with van der Waals surface area (Å²) in [6.45, 7) is 4.41. The summed E-state index contributed by atoms with van der Waals surface area (Å²) in [4.78, 5) is 0. The zero-order chi connectivity index (χ0) is 12.3. The van der Waals surface area contributed by atoms with Crippen molar-refractivity contribution in [2.45, 2.75) is 51.1 Å². The van der Waals surface area contributed by atoms with Crippen molar-refractivity contribution >= 4 is 10.2 Å². The normalized spacial score (nSPS) is 32.5. The molecule has 0 aromatic heterocycles. The smallest absolute Gasteiger partial charge is 0.279 e. The van der Waals surface area contributed by atoms with E-state index in [9.17, 15) is 8.42 Å². The molecule has 0 aromatic carbocycles. The molecule has 0 bridgehead atoms. The van der Waals surface area contributed by atoms with Crippen LogP contribution < -0.4 is 10.0 Å². The van der Waals surface area contributed by atoms with Gasteiger partial charge in [-0.05, 0) is 39.2 Å². The SMILES string of the molecule is CC1CCCCN1S(=O)(=O)NC1CCCNC1. The van der Waals surface area contributed by atoms with Crippen molar-refractivity contribution in [3.8, 4) is 0 Å². The first-order valence-corrected chi connectivity index (χ1v) is 8.03. The lowest BCUT2D eigenvalue weighted by Gasteiger charge is -2.34. The van der Waals surface area contributed by atoms with Gasteiger partial charge in [0.25, 0.3) is 10.2 Å². The maximum Gasteiger partial charge on any atom is 0.279 e. The van der Waals surface area contributed by atoms with E-state index in [4.69, 9.17) is 0 Å². The van der Waals surface area contributed by atoms with Crippen molar-refractivity contribution < 1.29 is 8.42 Å². The topological polar surface area (TPSA) is 61.4 Å². The molecule has 100 valence electrons. The van der Waals surface area contributed by atoms with Gasteiger partial charge in [-0.1, -0.05) is 6.42 Å². The Kier molecular flexibility index (Phi) is 4.41. The zero-order valence-corrected chi connectivity index (χ0v) is 11.3. The van der Waals surface area contributed by atoms with Crippen molar-refractivity contribution in [1.82, 2.24) is 14.3 Å². The summed E-state index contributed by atoms with van der Waals surface area (Å²) >= 11 is 0. The van der Waals surface area contributed by atoms with Crippen molar-refractivity contribution in [2.75, 3.05) is 19.6 Å². The third-order valence-corrected chi connectivity index (χ3v) is 5.45. The van der Waals surface area contributed by atoms with E-state index in [2.05, 4.69) is 10.0 Å². The molecule has 2 saturated heterocycles. The van der Waals surface area contributed by atoms with Gasteiger partial charge in [0.05, 0.1) is 0 Å². The first kappa shape index (κ1) is 13.3. The van der Waals surface area contributed by atoms with Crippen LogP contribution in [0.3, 0.4) is 0 Å². The molecule has 0 saturated carbocycles. The van der Waals surface area contributed by atoms with Crippen LogP contribution in [0.2, 0.25) is 0 Å². The van der Waals surface area contributed by atoms with Gasteiger partial charge in [0.15, 0.2) is 0 Å². The Morgan fingerprint density at radius 2 is 2.06 bits per heavy atom. The van der Waals surface area contributed by atoms with Crippen LogP contribution in [0.15, 0.2) is 0 Å². The van der Waals surface area contributed by atoms with Crippen LogP contribution in [0.25, 0.3) is 0 Å². The van der Waals surface area contributed by atoms with Crippen LogP contribution >= 0.6 is 0 Å². The Morgan fingerprint density at radius 3 is 2.71 bits per heavy atom. The van der Waals surface area contributed by atoms with Gasteiger partial charge in [-0.2, -0.15) is 17.4 Å². The summed E-state index contributed by atoms with van der Waals surface area (Å²) in [5.74, 6) is 0. The van der Waals surface area contributed by atoms with Crippen LogP contribution in [-0.2, 0) is 10.2 Å². The Balaban J connectivity index is 1.96. The Labute approximate surface area is 104 Å². The van der Waals surface area contributed by atoms with E-state index in [1.165, 1.54) is 0 Å². The van der Waals surface area contributed by atoms with E-state index in [-0.39, 0.29) is 12.1 Å². The predicted molar refractivity (Wildman–Crippen MR) is 68.0 cm³/mol. The third-order valence-electron chi connectivity index (χ3n) is 3.66. The molecule has 2 unspecified atom stereocenters. The van der Waals surface area contributed by atoms with Gasteiger partial charge >= 0.3 is 0 Å². The predicted octanol–water partition coefficient (Wildman–Crippen LogP) is 0.447. The molecule has 0 aliphatic carbocycles. The fraction of sp³-hybridized carbons (Fsp3) is 1.00. The summed E-state index contributed by atoms with van der Waals surface area (Å²) in [6, 6.07) is 0.195. The molecule has 2 fully saturated rings. The number of nitrogens with one attached hydrogen (secondary N) is 2. The van der Waals surface area contributed by atoms with Crippen molar-refractivity contribution in [1.29, 1.82) is 0 Å². The summed E-state index contributed by atoms with van der Waals surface area (Å²) in [5.41, 5.74) is 0. The molecule has 0 aromatic rings. The van der Waals surface area contributed by atoms with E-state index in [1.807, 2.05) is 6.92 Å². The van der Waals surface area contributed by atoms with Crippen LogP contribution in [0, 0.1) is 0 Å². The number of hydrogen-bond donors (Lipinski definition) is 2. The molecule has 0 amide bonds. The number of rotatable bonds is 3. The third kappa shape index (κ3) is 3.40. The molecule has 6 heteroatoms. The molecule has 2 atom stereocenters. The van der Waals surface area contributed by atoms with Gasteiger partial charge in [-0.15, -0.1) is 0 Å². The molecule has 2 aliphatic rings. The lowest BCUT2D eigenvalue weighted by Crippen LogP contribution is -2.53. The molecule has 2 aliphatic heterocycles. The first-order chi connectivity index (χ1) is 8.09. The van der Waals surface area contributed by atoms with Gasteiger partial charge in [0.2, 0.25) is 0 Å². The molecular formula is C11H23N3O2S. The Bertz CT molecular complexity index is 339. The van der Waals surface area contributed by atoms with Crippen LogP contribution in [0.1, 0.15) is 39.0 Å². The van der Waals surface area contributed by atoms with E-state index in [1.54, 1.807) is 4.31 Å². The minimum Gasteiger partial charge on any atom is -0.315 e. The lowest BCUT2D eigenvalue weighted by molar-refractivity contribution is 0.262. The first-order valence-electron chi connectivity index (χ1n) is 6.59. The second kappa shape index (κ2) is 5.65. The van der Waals surface area contributed by atoms with Gasteiger partial charge in [-0.25, -0.2) is 0 Å². The van der Waals surface area contributed by atoms with Crippen LogP contribution in [0.5, 0.6) is 0 Å². The van der Waals surface area contributed by atoms with Crippen molar-refractivity contribution in [3.05, 3.63) is 0 Å². The zero-order valence-electron chi connectivity index (χ0n) is 10.5. The highest BCUT2D eigenvalue weighted by molar-refractivity contribution is 7.87. The van der Waals surface area contributed by atoms with Gasteiger partial charge < -0.3 is 5.32 Å². The van der Waals surface area contributed by atoms with Crippen LogP contribution in [-0.4, -0.2) is 44.4 Å². The maximum absolute atomic E-state index is 12.3. The molecule has 0 radical (unpaired) electrons.